The van der Waals surface area contributed by atoms with Crippen LogP contribution in [0.3, 0.4) is 0 Å². The Morgan fingerprint density at radius 2 is 2.41 bits per heavy atom. The Kier molecular flexibility index (Phi) is 4.00. The van der Waals surface area contributed by atoms with E-state index in [1.54, 1.807) is 0 Å². The molecule has 0 bridgehead atoms. The zero-order chi connectivity index (χ0) is 12.8. The van der Waals surface area contributed by atoms with Crippen LogP contribution in [0.5, 0.6) is 5.88 Å². The maximum absolute atomic E-state index is 10.8. The second-order valence-electron chi connectivity index (χ2n) is 2.90. The van der Waals surface area contributed by atoms with E-state index < -0.39 is 22.1 Å². The van der Waals surface area contributed by atoms with Crippen molar-refractivity contribution >= 4 is 11.7 Å². The molecule has 88 valence electrons. The van der Waals surface area contributed by atoms with E-state index in [1.807, 2.05) is 0 Å². The summed E-state index contributed by atoms with van der Waals surface area (Å²) in [5.41, 5.74) is -1.05. The third-order valence-corrected chi connectivity index (χ3v) is 1.78. The average Bonchev–Trinajstić information content (AvgIpc) is 2.29. The van der Waals surface area contributed by atoms with Gasteiger partial charge in [-0.3, -0.25) is 10.1 Å². The molecule has 1 aromatic rings. The van der Waals surface area contributed by atoms with E-state index in [2.05, 4.69) is 10.9 Å². The summed E-state index contributed by atoms with van der Waals surface area (Å²) in [6.45, 7) is 0.167. The Morgan fingerprint density at radius 1 is 1.71 bits per heavy atom. The number of hydrogen-bond donors (Lipinski definition) is 1. The largest absolute Gasteiger partial charge is 0.477 e. The Hall–Kier alpha value is -2.62. The van der Waals surface area contributed by atoms with Gasteiger partial charge in [0.25, 0.3) is 0 Å². The number of carboxylic acid groups (broad SMARTS) is 1. The second-order valence-corrected chi connectivity index (χ2v) is 2.90. The number of pyridine rings is 1. The van der Waals surface area contributed by atoms with Gasteiger partial charge >= 0.3 is 11.7 Å². The fraction of sp³-hybridized carbons (Fsp3) is 0.200. The topological polar surface area (TPSA) is 103 Å². The van der Waals surface area contributed by atoms with E-state index in [9.17, 15) is 14.9 Å². The van der Waals surface area contributed by atoms with E-state index in [0.29, 0.717) is 6.42 Å². The number of nitrogens with zero attached hydrogens (tertiary/aromatic N) is 2. The lowest BCUT2D eigenvalue weighted by molar-refractivity contribution is -0.385. The van der Waals surface area contributed by atoms with Gasteiger partial charge in [-0.15, -0.1) is 12.3 Å². The highest BCUT2D eigenvalue weighted by atomic mass is 16.6. The van der Waals surface area contributed by atoms with Gasteiger partial charge in [-0.25, -0.2) is 9.78 Å². The molecule has 1 N–H and O–H groups in total. The molecule has 17 heavy (non-hydrogen) atoms. The summed E-state index contributed by atoms with van der Waals surface area (Å²) in [5, 5.41) is 19.3. The van der Waals surface area contributed by atoms with Crippen LogP contribution in [0.1, 0.15) is 16.8 Å². The standard InChI is InChI=1S/C10H8N2O5/c1-2-3-4-17-9-5-7(10(13)14)8(6-11-9)12(15)16/h1,5-6H,3-4H2,(H,13,14). The zero-order valence-electron chi connectivity index (χ0n) is 8.62. The molecule has 0 aromatic carbocycles. The summed E-state index contributed by atoms with van der Waals surface area (Å²) in [7, 11) is 0. The molecule has 0 atom stereocenters. The highest BCUT2D eigenvalue weighted by Crippen LogP contribution is 2.21. The number of ether oxygens (including phenoxy) is 1. The molecule has 0 aliphatic carbocycles. The quantitative estimate of drug-likeness (QED) is 0.355. The molecule has 7 heteroatoms. The van der Waals surface area contributed by atoms with Crippen LogP contribution in [-0.2, 0) is 0 Å². The van der Waals surface area contributed by atoms with Crippen molar-refractivity contribution in [3.63, 3.8) is 0 Å². The lowest BCUT2D eigenvalue weighted by Gasteiger charge is -2.03. The predicted molar refractivity (Wildman–Crippen MR) is 56.8 cm³/mol. The van der Waals surface area contributed by atoms with Crippen LogP contribution >= 0.6 is 0 Å². The molecule has 0 amide bonds. The van der Waals surface area contributed by atoms with Crippen molar-refractivity contribution in [1.29, 1.82) is 0 Å². The van der Waals surface area contributed by atoms with Gasteiger partial charge in [0.15, 0.2) is 0 Å². The Balaban J connectivity index is 2.98. The molecule has 1 rings (SSSR count). The van der Waals surface area contributed by atoms with Crippen LogP contribution < -0.4 is 4.74 Å². The van der Waals surface area contributed by atoms with Gasteiger partial charge < -0.3 is 9.84 Å². The first-order valence-corrected chi connectivity index (χ1v) is 4.50. The van der Waals surface area contributed by atoms with Gasteiger partial charge in [0, 0.05) is 12.5 Å². The van der Waals surface area contributed by atoms with Crippen molar-refractivity contribution in [3.8, 4) is 18.2 Å². The van der Waals surface area contributed by atoms with Gasteiger partial charge in [0.2, 0.25) is 5.88 Å². The van der Waals surface area contributed by atoms with Crippen molar-refractivity contribution in [2.75, 3.05) is 6.61 Å². The molecular formula is C10H8N2O5. The summed E-state index contributed by atoms with van der Waals surface area (Å²) in [5.74, 6) is 0.901. The fourth-order valence-corrected chi connectivity index (χ4v) is 1.04. The first-order chi connectivity index (χ1) is 8.06. The Morgan fingerprint density at radius 3 is 2.94 bits per heavy atom. The fourth-order valence-electron chi connectivity index (χ4n) is 1.04. The van der Waals surface area contributed by atoms with E-state index in [4.69, 9.17) is 16.3 Å². The van der Waals surface area contributed by atoms with E-state index in [-0.39, 0.29) is 12.5 Å². The Bertz CT molecular complexity index is 492. The number of carbonyl (C=O) groups is 1. The lowest BCUT2D eigenvalue weighted by Crippen LogP contribution is -2.05. The summed E-state index contributed by atoms with van der Waals surface area (Å²) in [6, 6.07) is 0.997. The number of aromatic carboxylic acids is 1. The molecular weight excluding hydrogens is 228 g/mol. The Labute approximate surface area is 96.2 Å². The molecule has 0 aliphatic rings. The molecule has 1 aromatic heterocycles. The minimum Gasteiger partial charge on any atom is -0.477 e. The number of nitro groups is 1. The van der Waals surface area contributed by atoms with Crippen molar-refractivity contribution in [2.45, 2.75) is 6.42 Å². The van der Waals surface area contributed by atoms with Gasteiger partial charge in [-0.2, -0.15) is 0 Å². The third-order valence-electron chi connectivity index (χ3n) is 1.78. The van der Waals surface area contributed by atoms with Gasteiger partial charge in [-0.1, -0.05) is 0 Å². The van der Waals surface area contributed by atoms with E-state index in [1.165, 1.54) is 0 Å². The summed E-state index contributed by atoms with van der Waals surface area (Å²) in [4.78, 5) is 24.1. The molecule has 0 saturated heterocycles. The SMILES string of the molecule is C#CCCOc1cc(C(=O)O)c([N+](=O)[O-])cn1. The van der Waals surface area contributed by atoms with E-state index >= 15 is 0 Å². The maximum atomic E-state index is 10.8. The summed E-state index contributed by atoms with van der Waals surface area (Å²) in [6.07, 6.45) is 6.18. The average molecular weight is 236 g/mol. The zero-order valence-corrected chi connectivity index (χ0v) is 8.62. The molecule has 0 saturated carbocycles. The molecule has 0 radical (unpaired) electrons. The minimum absolute atomic E-state index is 0.0109. The van der Waals surface area contributed by atoms with Crippen molar-refractivity contribution < 1.29 is 19.6 Å². The van der Waals surface area contributed by atoms with Crippen LogP contribution in [0.15, 0.2) is 12.3 Å². The number of carboxylic acids is 1. The van der Waals surface area contributed by atoms with Crippen molar-refractivity contribution in [3.05, 3.63) is 27.9 Å². The molecule has 0 fully saturated rings. The number of hydrogen-bond acceptors (Lipinski definition) is 5. The van der Waals surface area contributed by atoms with Crippen LogP contribution in [0, 0.1) is 22.5 Å². The molecule has 0 spiro atoms. The smallest absolute Gasteiger partial charge is 0.342 e. The van der Waals surface area contributed by atoms with Gasteiger partial charge in [0.05, 0.1) is 4.92 Å². The minimum atomic E-state index is -1.42. The maximum Gasteiger partial charge on any atom is 0.342 e. The second kappa shape index (κ2) is 5.46. The molecule has 1 heterocycles. The first-order valence-electron chi connectivity index (χ1n) is 4.50. The predicted octanol–water partition coefficient (Wildman–Crippen LogP) is 1.09. The highest BCUT2D eigenvalue weighted by Gasteiger charge is 2.21. The van der Waals surface area contributed by atoms with Crippen LogP contribution in [-0.4, -0.2) is 27.6 Å². The highest BCUT2D eigenvalue weighted by molar-refractivity contribution is 5.92. The van der Waals surface area contributed by atoms with Crippen LogP contribution in [0.25, 0.3) is 0 Å². The van der Waals surface area contributed by atoms with E-state index in [0.717, 1.165) is 12.3 Å². The monoisotopic (exact) mass is 236 g/mol. The third kappa shape index (κ3) is 3.17. The number of aromatic nitrogens is 1. The van der Waals surface area contributed by atoms with Gasteiger partial charge in [0.1, 0.15) is 18.4 Å². The number of terminal acetylenes is 1. The summed E-state index contributed by atoms with van der Waals surface area (Å²) >= 11 is 0. The van der Waals surface area contributed by atoms with Gasteiger partial charge in [-0.05, 0) is 0 Å². The number of rotatable bonds is 5. The molecule has 0 unspecified atom stereocenters. The van der Waals surface area contributed by atoms with Crippen molar-refractivity contribution in [1.82, 2.24) is 4.98 Å². The summed E-state index contributed by atoms with van der Waals surface area (Å²) < 4.78 is 5.03. The lowest BCUT2D eigenvalue weighted by atomic mass is 10.2. The van der Waals surface area contributed by atoms with Crippen LogP contribution in [0.2, 0.25) is 0 Å². The normalized spacial score (nSPS) is 9.35. The molecule has 0 aliphatic heterocycles. The van der Waals surface area contributed by atoms with Crippen LogP contribution in [0.4, 0.5) is 5.69 Å². The van der Waals surface area contributed by atoms with Crippen molar-refractivity contribution in [2.24, 2.45) is 0 Å². The first kappa shape index (κ1) is 12.4. The molecule has 7 nitrogen and oxygen atoms in total.